The Morgan fingerprint density at radius 1 is 0.578 bits per heavy atom. The van der Waals surface area contributed by atoms with Crippen molar-refractivity contribution < 1.29 is 18.9 Å². The molecular weight excluding hydrogens is 560 g/mol. The van der Waals surface area contributed by atoms with E-state index in [1.165, 1.54) is 22.3 Å². The Hall–Kier alpha value is -5.49. The minimum atomic E-state index is -0.216. The molecule has 0 N–H and O–H groups in total. The van der Waals surface area contributed by atoms with E-state index in [0.717, 1.165) is 57.3 Å². The fraction of sp³-hybridized carbons (Fsp3) is 0.154. The predicted octanol–water partition coefficient (Wildman–Crippen LogP) is 8.46. The minimum Gasteiger partial charge on any atom is -0.497 e. The number of rotatable bonds is 9. The van der Waals surface area contributed by atoms with E-state index in [-0.39, 0.29) is 6.04 Å². The van der Waals surface area contributed by atoms with Crippen molar-refractivity contribution in [1.82, 2.24) is 9.78 Å². The molecule has 0 saturated carbocycles. The molecule has 7 rings (SSSR count). The number of methoxy groups -OCH3 is 4. The van der Waals surface area contributed by atoms with Gasteiger partial charge in [-0.15, -0.1) is 0 Å². The Morgan fingerprint density at radius 3 is 1.67 bits per heavy atom. The molecule has 0 fully saturated rings. The van der Waals surface area contributed by atoms with E-state index < -0.39 is 0 Å². The van der Waals surface area contributed by atoms with Gasteiger partial charge in [0.15, 0.2) is 11.5 Å². The summed E-state index contributed by atoms with van der Waals surface area (Å²) in [6, 6.07) is 39.5. The maximum atomic E-state index is 5.76. The highest BCUT2D eigenvalue weighted by atomic mass is 16.5. The van der Waals surface area contributed by atoms with Gasteiger partial charge in [-0.05, 0) is 64.2 Å². The third-order valence-electron chi connectivity index (χ3n) is 8.61. The molecule has 6 nitrogen and oxygen atoms in total. The summed E-state index contributed by atoms with van der Waals surface area (Å²) < 4.78 is 24.6. The van der Waals surface area contributed by atoms with Crippen LogP contribution in [0.2, 0.25) is 0 Å². The van der Waals surface area contributed by atoms with Gasteiger partial charge in [-0.1, -0.05) is 78.9 Å². The zero-order valence-corrected chi connectivity index (χ0v) is 25.8. The molecule has 1 aromatic heterocycles. The topological polar surface area (TPSA) is 54.7 Å². The van der Waals surface area contributed by atoms with Crippen LogP contribution in [0.25, 0.3) is 33.6 Å². The van der Waals surface area contributed by atoms with Crippen molar-refractivity contribution in [3.05, 3.63) is 138 Å². The van der Waals surface area contributed by atoms with Crippen molar-refractivity contribution in [2.75, 3.05) is 28.4 Å². The third kappa shape index (κ3) is 5.08. The van der Waals surface area contributed by atoms with Crippen LogP contribution in [0.3, 0.4) is 0 Å². The van der Waals surface area contributed by atoms with Crippen LogP contribution in [0.4, 0.5) is 0 Å². The molecule has 0 aliphatic heterocycles. The summed E-state index contributed by atoms with van der Waals surface area (Å²) in [6.45, 7) is 0. The van der Waals surface area contributed by atoms with Gasteiger partial charge in [-0.3, -0.25) is 4.68 Å². The Labute approximate surface area is 263 Å². The van der Waals surface area contributed by atoms with Gasteiger partial charge in [0.2, 0.25) is 0 Å². The minimum absolute atomic E-state index is 0.216. The molecule has 1 heterocycles. The molecule has 0 radical (unpaired) electrons. The highest BCUT2D eigenvalue weighted by Gasteiger charge is 2.33. The first kappa shape index (κ1) is 28.3. The van der Waals surface area contributed by atoms with Crippen LogP contribution in [-0.2, 0) is 6.42 Å². The summed E-state index contributed by atoms with van der Waals surface area (Å²) >= 11 is 0. The molecule has 45 heavy (non-hydrogen) atoms. The molecule has 0 saturated heterocycles. The average Bonchev–Trinajstić information content (AvgIpc) is 3.66. The van der Waals surface area contributed by atoms with Crippen LogP contribution in [-0.4, -0.2) is 38.2 Å². The van der Waals surface area contributed by atoms with Gasteiger partial charge >= 0.3 is 0 Å². The SMILES string of the molecule is COc1ccc(C(c2ccc(OC)cc2)n2nc(-c3ccc(-c4ccccc4)cc3)c3c2-c2cc(OC)c(OC)cc2C3)cc1. The molecule has 0 amide bonds. The van der Waals surface area contributed by atoms with Crippen LogP contribution in [0.1, 0.15) is 28.3 Å². The summed E-state index contributed by atoms with van der Waals surface area (Å²) in [5, 5.41) is 5.42. The maximum absolute atomic E-state index is 5.76. The molecule has 0 bridgehead atoms. The van der Waals surface area contributed by atoms with E-state index >= 15 is 0 Å². The molecule has 6 heteroatoms. The van der Waals surface area contributed by atoms with Gasteiger partial charge in [0.25, 0.3) is 0 Å². The van der Waals surface area contributed by atoms with Crippen molar-refractivity contribution >= 4 is 0 Å². The Balaban J connectivity index is 1.45. The lowest BCUT2D eigenvalue weighted by Gasteiger charge is -2.22. The number of hydrogen-bond donors (Lipinski definition) is 0. The molecule has 224 valence electrons. The lowest BCUT2D eigenvalue weighted by atomic mass is 9.97. The van der Waals surface area contributed by atoms with Crippen molar-refractivity contribution in [3.8, 4) is 56.6 Å². The number of benzene rings is 5. The van der Waals surface area contributed by atoms with Crippen LogP contribution in [0.15, 0.2) is 115 Å². The summed E-state index contributed by atoms with van der Waals surface area (Å²) in [5.41, 5.74) is 11.1. The van der Waals surface area contributed by atoms with E-state index in [1.54, 1.807) is 28.4 Å². The summed E-state index contributed by atoms with van der Waals surface area (Å²) in [6.07, 6.45) is 0.735. The molecule has 1 aliphatic carbocycles. The van der Waals surface area contributed by atoms with E-state index in [4.69, 9.17) is 24.0 Å². The van der Waals surface area contributed by atoms with Crippen LogP contribution < -0.4 is 18.9 Å². The first-order valence-corrected chi connectivity index (χ1v) is 14.9. The van der Waals surface area contributed by atoms with E-state index in [2.05, 4.69) is 89.6 Å². The quantitative estimate of drug-likeness (QED) is 0.168. The van der Waals surface area contributed by atoms with Crippen molar-refractivity contribution in [3.63, 3.8) is 0 Å². The van der Waals surface area contributed by atoms with Gasteiger partial charge in [-0.25, -0.2) is 0 Å². The second-order valence-electron chi connectivity index (χ2n) is 11.1. The number of ether oxygens (including phenoxy) is 4. The molecule has 0 atom stereocenters. The zero-order chi connectivity index (χ0) is 30.9. The largest absolute Gasteiger partial charge is 0.497 e. The maximum Gasteiger partial charge on any atom is 0.161 e. The van der Waals surface area contributed by atoms with Crippen LogP contribution in [0.5, 0.6) is 23.0 Å². The average molecular weight is 595 g/mol. The smallest absolute Gasteiger partial charge is 0.161 e. The molecule has 1 aliphatic rings. The second-order valence-corrected chi connectivity index (χ2v) is 11.1. The van der Waals surface area contributed by atoms with Gasteiger partial charge in [0, 0.05) is 23.1 Å². The van der Waals surface area contributed by atoms with E-state index in [9.17, 15) is 0 Å². The second kappa shape index (κ2) is 11.9. The monoisotopic (exact) mass is 594 g/mol. The number of fused-ring (bicyclic) bond motifs is 3. The van der Waals surface area contributed by atoms with Crippen molar-refractivity contribution in [2.24, 2.45) is 0 Å². The lowest BCUT2D eigenvalue weighted by molar-refractivity contribution is 0.355. The summed E-state index contributed by atoms with van der Waals surface area (Å²) in [7, 11) is 6.72. The molecule has 5 aromatic carbocycles. The van der Waals surface area contributed by atoms with E-state index in [1.807, 2.05) is 30.3 Å². The van der Waals surface area contributed by atoms with Gasteiger partial charge < -0.3 is 18.9 Å². The Bertz CT molecular complexity index is 1900. The van der Waals surface area contributed by atoms with E-state index in [0.29, 0.717) is 5.75 Å². The normalized spacial score (nSPS) is 11.7. The van der Waals surface area contributed by atoms with Gasteiger partial charge in [0.05, 0.1) is 39.8 Å². The predicted molar refractivity (Wildman–Crippen MR) is 178 cm³/mol. The molecule has 0 unspecified atom stereocenters. The first-order chi connectivity index (χ1) is 22.1. The number of nitrogens with zero attached hydrogens (tertiary/aromatic N) is 2. The fourth-order valence-electron chi connectivity index (χ4n) is 6.32. The van der Waals surface area contributed by atoms with Gasteiger partial charge in [0.1, 0.15) is 17.5 Å². The van der Waals surface area contributed by atoms with Crippen molar-refractivity contribution in [2.45, 2.75) is 12.5 Å². The lowest BCUT2D eigenvalue weighted by Crippen LogP contribution is -2.15. The van der Waals surface area contributed by atoms with Crippen molar-refractivity contribution in [1.29, 1.82) is 0 Å². The molecular formula is C39H34N2O4. The van der Waals surface area contributed by atoms with Crippen LogP contribution in [0, 0.1) is 0 Å². The highest BCUT2D eigenvalue weighted by molar-refractivity contribution is 5.84. The standard InChI is InChI=1S/C39H34N2O4/c1-42-31-18-14-28(15-19-31)38(29-16-20-32(43-2)21-17-29)41-39-33-24-36(45-4)35(44-3)23-30(33)22-34(39)37(40-41)27-12-10-26(11-13-27)25-8-6-5-7-9-25/h5-21,23-24,38H,22H2,1-4H3. The zero-order valence-electron chi connectivity index (χ0n) is 25.8. The fourth-order valence-corrected chi connectivity index (χ4v) is 6.32. The Kier molecular flexibility index (Phi) is 7.47. The summed E-state index contributed by atoms with van der Waals surface area (Å²) in [5.74, 6) is 3.02. The molecule has 0 spiro atoms. The van der Waals surface area contributed by atoms with Gasteiger partial charge in [-0.2, -0.15) is 5.10 Å². The first-order valence-electron chi connectivity index (χ1n) is 14.9. The number of hydrogen-bond acceptors (Lipinski definition) is 5. The number of aromatic nitrogens is 2. The molecule has 6 aromatic rings. The summed E-state index contributed by atoms with van der Waals surface area (Å²) in [4.78, 5) is 0. The van der Waals surface area contributed by atoms with Crippen LogP contribution >= 0.6 is 0 Å². The Morgan fingerprint density at radius 2 is 1.11 bits per heavy atom. The highest BCUT2D eigenvalue weighted by Crippen LogP contribution is 2.48. The third-order valence-corrected chi connectivity index (χ3v) is 8.61.